The molecule has 0 saturated heterocycles. The van der Waals surface area contributed by atoms with E-state index >= 15 is 0 Å². The van der Waals surface area contributed by atoms with Crippen molar-refractivity contribution in [2.24, 2.45) is 0 Å². The Labute approximate surface area is 125 Å². The molecule has 0 aliphatic heterocycles. The number of nitrogens with zero attached hydrogens (tertiary/aromatic N) is 1. The summed E-state index contributed by atoms with van der Waals surface area (Å²) < 4.78 is 20.2. The maximum Gasteiger partial charge on any atom is 0.193 e. The van der Waals surface area contributed by atoms with Gasteiger partial charge in [-0.1, -0.05) is 32.4 Å². The first-order valence-electron chi connectivity index (χ1n) is 6.51. The van der Waals surface area contributed by atoms with Gasteiger partial charge < -0.3 is 9.22 Å². The number of aldehydes is 1. The van der Waals surface area contributed by atoms with Crippen LogP contribution in [0.5, 0.6) is 0 Å². The van der Waals surface area contributed by atoms with E-state index in [0.717, 1.165) is 6.29 Å². The number of pyridine rings is 1. The van der Waals surface area contributed by atoms with Crippen LogP contribution in [0.25, 0.3) is 0 Å². The molecule has 20 heavy (non-hydrogen) atoms. The summed E-state index contributed by atoms with van der Waals surface area (Å²) in [7, 11) is -2.14. The highest BCUT2D eigenvalue weighted by molar-refractivity contribution is 6.74. The summed E-state index contributed by atoms with van der Waals surface area (Å²) in [6.07, 6.45) is 1.52. The van der Waals surface area contributed by atoms with Crippen LogP contribution in [-0.4, -0.2) is 19.6 Å². The number of carbonyl (C=O) groups excluding carboxylic acids is 1. The summed E-state index contributed by atoms with van der Waals surface area (Å²) in [5, 5.41) is -0.0480. The molecular weight excluding hydrogens is 297 g/mol. The zero-order valence-corrected chi connectivity index (χ0v) is 14.3. The lowest BCUT2D eigenvalue weighted by atomic mass is 10.2. The summed E-state index contributed by atoms with van der Waals surface area (Å²) >= 11 is 5.77. The fourth-order valence-electron chi connectivity index (χ4n) is 1.50. The maximum atomic E-state index is 14.1. The highest BCUT2D eigenvalue weighted by Gasteiger charge is 2.40. The van der Waals surface area contributed by atoms with E-state index in [2.05, 4.69) is 25.8 Å². The molecule has 1 aromatic heterocycles. The number of halogens is 2. The predicted octanol–water partition coefficient (Wildman–Crippen LogP) is 4.53. The quantitative estimate of drug-likeness (QED) is 0.592. The number of hydrogen-bond donors (Lipinski definition) is 0. The van der Waals surface area contributed by atoms with E-state index in [-0.39, 0.29) is 22.2 Å². The molecular formula is C14H21ClFNO2Si. The van der Waals surface area contributed by atoms with Crippen molar-refractivity contribution >= 4 is 26.2 Å². The Morgan fingerprint density at radius 2 is 2.10 bits per heavy atom. The lowest BCUT2D eigenvalue weighted by Gasteiger charge is -2.38. The third kappa shape index (κ3) is 3.87. The van der Waals surface area contributed by atoms with Gasteiger partial charge >= 0.3 is 0 Å². The van der Waals surface area contributed by atoms with Gasteiger partial charge in [-0.05, 0) is 24.2 Å². The third-order valence-electron chi connectivity index (χ3n) is 3.73. The van der Waals surface area contributed by atoms with Crippen molar-refractivity contribution in [3.05, 3.63) is 28.8 Å². The van der Waals surface area contributed by atoms with Crippen molar-refractivity contribution in [2.45, 2.75) is 51.4 Å². The predicted molar refractivity (Wildman–Crippen MR) is 80.9 cm³/mol. The van der Waals surface area contributed by atoms with E-state index in [0.29, 0.717) is 0 Å². The molecule has 1 rings (SSSR count). The molecule has 3 nitrogen and oxygen atoms in total. The van der Waals surface area contributed by atoms with Gasteiger partial charge in [-0.3, -0.25) is 4.98 Å². The molecule has 1 aromatic rings. The zero-order valence-electron chi connectivity index (χ0n) is 12.5. The molecule has 0 fully saturated rings. The molecule has 0 aliphatic carbocycles. The van der Waals surface area contributed by atoms with Crippen molar-refractivity contribution in [1.29, 1.82) is 0 Å². The van der Waals surface area contributed by atoms with E-state index in [1.807, 2.05) is 13.1 Å². The molecule has 0 saturated carbocycles. The molecule has 0 unspecified atom stereocenters. The van der Waals surface area contributed by atoms with E-state index in [1.54, 1.807) is 0 Å². The van der Waals surface area contributed by atoms with Crippen LogP contribution in [0.1, 0.15) is 39.0 Å². The monoisotopic (exact) mass is 317 g/mol. The Hall–Kier alpha value is -0.783. The van der Waals surface area contributed by atoms with Crippen LogP contribution in [0.3, 0.4) is 0 Å². The Kier molecular flexibility index (Phi) is 5.46. The van der Waals surface area contributed by atoms with Gasteiger partial charge in [-0.15, -0.1) is 0 Å². The molecule has 112 valence electrons. The first-order valence-corrected chi connectivity index (χ1v) is 9.80. The molecule has 0 aliphatic rings. The molecule has 0 amide bonds. The molecule has 0 N–H and O–H groups in total. The zero-order chi connectivity index (χ0) is 15.6. The summed E-state index contributed by atoms with van der Waals surface area (Å²) in [4.78, 5) is 14.9. The van der Waals surface area contributed by atoms with Gasteiger partial charge in [0.1, 0.15) is 12.0 Å². The van der Waals surface area contributed by atoms with Gasteiger partial charge in [0, 0.05) is 12.6 Å². The van der Waals surface area contributed by atoms with Gasteiger partial charge in [0.15, 0.2) is 14.1 Å². The first-order chi connectivity index (χ1) is 9.10. The lowest BCUT2D eigenvalue weighted by molar-refractivity contribution is -0.109. The average Bonchev–Trinajstić information content (AvgIpc) is 2.30. The lowest BCUT2D eigenvalue weighted by Crippen LogP contribution is -2.42. The molecule has 1 atom stereocenters. The Bertz CT molecular complexity index is 489. The van der Waals surface area contributed by atoms with Crippen LogP contribution in [0, 0.1) is 5.82 Å². The summed E-state index contributed by atoms with van der Waals surface area (Å²) in [6.45, 7) is 10.3. The molecule has 0 spiro atoms. The fraction of sp³-hybridized carbons (Fsp3) is 0.571. The number of aromatic nitrogens is 1. The van der Waals surface area contributed by atoms with Crippen molar-refractivity contribution in [2.75, 3.05) is 0 Å². The maximum absolute atomic E-state index is 14.1. The van der Waals surface area contributed by atoms with E-state index in [1.165, 1.54) is 12.3 Å². The van der Waals surface area contributed by atoms with Crippen LogP contribution in [0.15, 0.2) is 12.3 Å². The summed E-state index contributed by atoms with van der Waals surface area (Å²) in [5.74, 6) is -0.611. The average molecular weight is 318 g/mol. The highest BCUT2D eigenvalue weighted by atomic mass is 35.5. The van der Waals surface area contributed by atoms with Crippen molar-refractivity contribution in [1.82, 2.24) is 4.98 Å². The van der Waals surface area contributed by atoms with Crippen LogP contribution < -0.4 is 0 Å². The Morgan fingerprint density at radius 1 is 1.50 bits per heavy atom. The minimum absolute atomic E-state index is 0.00951. The van der Waals surface area contributed by atoms with Gasteiger partial charge in [-0.2, -0.15) is 0 Å². The largest absolute Gasteiger partial charge is 0.408 e. The van der Waals surface area contributed by atoms with Crippen LogP contribution >= 0.6 is 11.6 Å². The molecule has 1 heterocycles. The van der Waals surface area contributed by atoms with Crippen LogP contribution in [0.2, 0.25) is 23.2 Å². The van der Waals surface area contributed by atoms with Crippen molar-refractivity contribution in [3.8, 4) is 0 Å². The van der Waals surface area contributed by atoms with Crippen LogP contribution in [-0.2, 0) is 9.22 Å². The molecule has 0 bridgehead atoms. The summed E-state index contributed by atoms with van der Waals surface area (Å²) in [5.41, 5.74) is 0.106. The minimum atomic E-state index is -2.14. The van der Waals surface area contributed by atoms with Crippen LogP contribution in [0.4, 0.5) is 4.39 Å². The fourth-order valence-corrected chi connectivity index (χ4v) is 2.92. The van der Waals surface area contributed by atoms with E-state index in [9.17, 15) is 9.18 Å². The topological polar surface area (TPSA) is 39.2 Å². The third-order valence-corrected chi connectivity index (χ3v) is 8.51. The normalized spacial score (nSPS) is 14.2. The molecule has 0 aromatic carbocycles. The Balaban J connectivity index is 3.13. The number of carbonyl (C=O) groups is 1. The number of hydrogen-bond acceptors (Lipinski definition) is 3. The van der Waals surface area contributed by atoms with Crippen molar-refractivity contribution in [3.63, 3.8) is 0 Å². The SMILES string of the molecule is CC(C)(C)[Si](C)(C)O[C@H](CC=O)c1nccc(Cl)c1F. The standard InChI is InChI=1S/C14H21ClFNO2Si/c1-14(2,3)20(4,5)19-11(7-9-18)13-12(16)10(15)6-8-17-13/h6,8-9,11H,7H2,1-5H3/t11-/m1/s1. The second-order valence-corrected chi connectivity index (χ2v) is 11.4. The second-order valence-electron chi connectivity index (χ2n) is 6.26. The smallest absolute Gasteiger partial charge is 0.193 e. The van der Waals surface area contributed by atoms with E-state index < -0.39 is 20.2 Å². The van der Waals surface area contributed by atoms with Gasteiger partial charge in [-0.25, -0.2) is 4.39 Å². The number of rotatable bonds is 5. The van der Waals surface area contributed by atoms with Gasteiger partial charge in [0.05, 0.1) is 11.1 Å². The first kappa shape index (κ1) is 17.3. The van der Waals surface area contributed by atoms with E-state index in [4.69, 9.17) is 16.0 Å². The Morgan fingerprint density at radius 3 is 2.60 bits per heavy atom. The summed E-state index contributed by atoms with van der Waals surface area (Å²) in [6, 6.07) is 1.38. The minimum Gasteiger partial charge on any atom is -0.408 e. The highest BCUT2D eigenvalue weighted by Crippen LogP contribution is 2.40. The molecule has 0 radical (unpaired) electrons. The van der Waals surface area contributed by atoms with Gasteiger partial charge in [0.2, 0.25) is 0 Å². The van der Waals surface area contributed by atoms with Gasteiger partial charge in [0.25, 0.3) is 0 Å². The second kappa shape index (κ2) is 6.33. The van der Waals surface area contributed by atoms with Crippen molar-refractivity contribution < 1.29 is 13.6 Å². The molecule has 6 heteroatoms.